The Hall–Kier alpha value is -0.910. The summed E-state index contributed by atoms with van der Waals surface area (Å²) in [6.07, 6.45) is 7.85. The van der Waals surface area contributed by atoms with Crippen molar-refractivity contribution in [2.45, 2.75) is 49.8 Å². The number of nitrogens with two attached hydrogens (primary N) is 1. The molecule has 118 valence electrons. The highest BCUT2D eigenvalue weighted by molar-refractivity contribution is 7.89. The smallest absolute Gasteiger partial charge is 0.240 e. The lowest BCUT2D eigenvalue weighted by Gasteiger charge is -2.11. The fraction of sp³-hybridized carbons (Fsp3) is 0.625. The molecule has 1 aromatic rings. The van der Waals surface area contributed by atoms with Gasteiger partial charge in [0.05, 0.1) is 4.90 Å². The number of benzene rings is 1. The molecule has 1 aromatic carbocycles. The maximum absolute atomic E-state index is 12.2. The van der Waals surface area contributed by atoms with Gasteiger partial charge in [-0.3, -0.25) is 0 Å². The Labute approximate surface area is 128 Å². The van der Waals surface area contributed by atoms with Crippen LogP contribution in [0.25, 0.3) is 0 Å². The van der Waals surface area contributed by atoms with Gasteiger partial charge in [-0.15, -0.1) is 0 Å². The van der Waals surface area contributed by atoms with Crippen LogP contribution in [0.4, 0.5) is 0 Å². The first-order valence-electron chi connectivity index (χ1n) is 7.90. The second-order valence-electron chi connectivity index (χ2n) is 5.87. The Balaban J connectivity index is 1.85. The molecular formula is C16H26N2O2S. The van der Waals surface area contributed by atoms with Gasteiger partial charge in [0.25, 0.3) is 0 Å². The quantitative estimate of drug-likeness (QED) is 0.774. The van der Waals surface area contributed by atoms with Crippen LogP contribution in [-0.2, 0) is 16.4 Å². The van der Waals surface area contributed by atoms with Crippen molar-refractivity contribution in [3.05, 3.63) is 29.8 Å². The van der Waals surface area contributed by atoms with Crippen molar-refractivity contribution in [2.75, 3.05) is 13.1 Å². The van der Waals surface area contributed by atoms with E-state index in [4.69, 9.17) is 5.73 Å². The van der Waals surface area contributed by atoms with Gasteiger partial charge >= 0.3 is 0 Å². The van der Waals surface area contributed by atoms with Crippen molar-refractivity contribution in [1.82, 2.24) is 4.72 Å². The van der Waals surface area contributed by atoms with Crippen LogP contribution in [0, 0.1) is 5.92 Å². The zero-order chi connectivity index (χ0) is 15.1. The molecule has 0 unspecified atom stereocenters. The summed E-state index contributed by atoms with van der Waals surface area (Å²) in [5, 5.41) is 0. The first kappa shape index (κ1) is 16.5. The summed E-state index contributed by atoms with van der Waals surface area (Å²) in [5.74, 6) is 0.700. The zero-order valence-corrected chi connectivity index (χ0v) is 13.4. The second kappa shape index (κ2) is 7.92. The molecule has 0 heterocycles. The molecule has 1 aliphatic carbocycles. The molecule has 0 aliphatic heterocycles. The van der Waals surface area contributed by atoms with E-state index < -0.39 is 10.0 Å². The summed E-state index contributed by atoms with van der Waals surface area (Å²) < 4.78 is 27.1. The summed E-state index contributed by atoms with van der Waals surface area (Å²) in [7, 11) is -3.36. The predicted octanol–water partition coefficient (Wildman–Crippen LogP) is 2.44. The highest BCUT2D eigenvalue weighted by atomic mass is 32.2. The Kier molecular flexibility index (Phi) is 6.21. The van der Waals surface area contributed by atoms with Crippen LogP contribution in [-0.4, -0.2) is 21.5 Å². The Morgan fingerprint density at radius 1 is 1.14 bits per heavy atom. The number of rotatable bonds is 8. The average molecular weight is 310 g/mol. The van der Waals surface area contributed by atoms with Crippen LogP contribution < -0.4 is 10.5 Å². The van der Waals surface area contributed by atoms with Crippen LogP contribution in [0.3, 0.4) is 0 Å². The van der Waals surface area contributed by atoms with Crippen molar-refractivity contribution in [3.63, 3.8) is 0 Å². The van der Waals surface area contributed by atoms with Gasteiger partial charge in [0.15, 0.2) is 0 Å². The summed E-state index contributed by atoms with van der Waals surface area (Å²) in [5.41, 5.74) is 6.61. The molecule has 0 bridgehead atoms. The van der Waals surface area contributed by atoms with Gasteiger partial charge in [0.1, 0.15) is 0 Å². The Morgan fingerprint density at radius 2 is 1.81 bits per heavy atom. The van der Waals surface area contributed by atoms with E-state index in [1.54, 1.807) is 12.1 Å². The SMILES string of the molecule is NCCCc1ccc(S(=O)(=O)NCCC2CCCC2)cc1. The lowest BCUT2D eigenvalue weighted by atomic mass is 10.1. The van der Waals surface area contributed by atoms with E-state index in [-0.39, 0.29) is 0 Å². The van der Waals surface area contributed by atoms with E-state index in [2.05, 4.69) is 4.72 Å². The molecule has 0 amide bonds. The molecule has 21 heavy (non-hydrogen) atoms. The Morgan fingerprint density at radius 3 is 2.43 bits per heavy atom. The van der Waals surface area contributed by atoms with Crippen LogP contribution in [0.1, 0.15) is 44.1 Å². The molecule has 0 saturated heterocycles. The van der Waals surface area contributed by atoms with Gasteiger partial charge in [-0.1, -0.05) is 37.8 Å². The topological polar surface area (TPSA) is 72.2 Å². The maximum Gasteiger partial charge on any atom is 0.240 e. The van der Waals surface area contributed by atoms with Crippen LogP contribution in [0.5, 0.6) is 0 Å². The maximum atomic E-state index is 12.2. The van der Waals surface area contributed by atoms with Crippen molar-refractivity contribution < 1.29 is 8.42 Å². The summed E-state index contributed by atoms with van der Waals surface area (Å²) >= 11 is 0. The van der Waals surface area contributed by atoms with Gasteiger partial charge < -0.3 is 5.73 Å². The van der Waals surface area contributed by atoms with Crippen LogP contribution in [0.2, 0.25) is 0 Å². The molecule has 0 radical (unpaired) electrons. The predicted molar refractivity (Wildman–Crippen MR) is 85.6 cm³/mol. The number of aryl methyl sites for hydroxylation is 1. The molecule has 0 atom stereocenters. The Bertz CT molecular complexity index is 520. The zero-order valence-electron chi connectivity index (χ0n) is 12.6. The molecule has 0 spiro atoms. The molecule has 3 N–H and O–H groups in total. The highest BCUT2D eigenvalue weighted by Gasteiger charge is 2.17. The molecule has 1 saturated carbocycles. The first-order valence-corrected chi connectivity index (χ1v) is 9.39. The monoisotopic (exact) mass is 310 g/mol. The van der Waals surface area contributed by atoms with Crippen molar-refractivity contribution >= 4 is 10.0 Å². The number of hydrogen-bond donors (Lipinski definition) is 2. The first-order chi connectivity index (χ1) is 10.1. The molecule has 1 fully saturated rings. The standard InChI is InChI=1S/C16H26N2O2S/c17-12-3-6-15-7-9-16(10-8-15)21(19,20)18-13-11-14-4-1-2-5-14/h7-10,14,18H,1-6,11-13,17H2. The van der Waals surface area contributed by atoms with Crippen LogP contribution in [0.15, 0.2) is 29.2 Å². The summed E-state index contributed by atoms with van der Waals surface area (Å²) in [6, 6.07) is 7.12. The lowest BCUT2D eigenvalue weighted by molar-refractivity contribution is 0.495. The van der Waals surface area contributed by atoms with Crippen molar-refractivity contribution in [1.29, 1.82) is 0 Å². The van der Waals surface area contributed by atoms with E-state index in [1.807, 2.05) is 12.1 Å². The normalized spacial score (nSPS) is 16.4. The van der Waals surface area contributed by atoms with E-state index in [1.165, 1.54) is 25.7 Å². The highest BCUT2D eigenvalue weighted by Crippen LogP contribution is 2.27. The average Bonchev–Trinajstić information content (AvgIpc) is 2.98. The molecule has 4 nitrogen and oxygen atoms in total. The largest absolute Gasteiger partial charge is 0.330 e. The van der Waals surface area contributed by atoms with E-state index in [9.17, 15) is 8.42 Å². The van der Waals surface area contributed by atoms with Gasteiger partial charge in [0, 0.05) is 6.54 Å². The third-order valence-electron chi connectivity index (χ3n) is 4.22. The van der Waals surface area contributed by atoms with Gasteiger partial charge in [-0.2, -0.15) is 0 Å². The fourth-order valence-electron chi connectivity index (χ4n) is 2.92. The molecule has 0 aromatic heterocycles. The van der Waals surface area contributed by atoms with Gasteiger partial charge in [-0.05, 0) is 49.4 Å². The third kappa shape index (κ3) is 5.09. The number of sulfonamides is 1. The third-order valence-corrected chi connectivity index (χ3v) is 5.70. The van der Waals surface area contributed by atoms with E-state index in [0.29, 0.717) is 23.9 Å². The van der Waals surface area contributed by atoms with Gasteiger partial charge in [-0.25, -0.2) is 13.1 Å². The van der Waals surface area contributed by atoms with Crippen LogP contribution >= 0.6 is 0 Å². The molecule has 2 rings (SSSR count). The fourth-order valence-corrected chi connectivity index (χ4v) is 3.97. The minimum atomic E-state index is -3.36. The number of nitrogens with one attached hydrogen (secondary N) is 1. The molecular weight excluding hydrogens is 284 g/mol. The minimum Gasteiger partial charge on any atom is -0.330 e. The summed E-state index contributed by atoms with van der Waals surface area (Å²) in [6.45, 7) is 1.20. The van der Waals surface area contributed by atoms with Crippen molar-refractivity contribution in [3.8, 4) is 0 Å². The van der Waals surface area contributed by atoms with Crippen molar-refractivity contribution in [2.24, 2.45) is 11.7 Å². The van der Waals surface area contributed by atoms with E-state index in [0.717, 1.165) is 24.8 Å². The second-order valence-corrected chi connectivity index (χ2v) is 7.64. The summed E-state index contributed by atoms with van der Waals surface area (Å²) in [4.78, 5) is 0.352. The molecule has 5 heteroatoms. The molecule has 1 aliphatic rings. The van der Waals surface area contributed by atoms with E-state index >= 15 is 0 Å². The van der Waals surface area contributed by atoms with Gasteiger partial charge in [0.2, 0.25) is 10.0 Å². The minimum absolute atomic E-state index is 0.352. The number of hydrogen-bond acceptors (Lipinski definition) is 3. The lowest BCUT2D eigenvalue weighted by Crippen LogP contribution is -2.25.